The molecule has 1 nitrogen and oxygen atoms in total. The third-order valence-electron chi connectivity index (χ3n) is 10.4. The molecule has 0 spiro atoms. The Morgan fingerprint density at radius 3 is 1.10 bits per heavy atom. The van der Waals surface area contributed by atoms with Crippen LogP contribution in [0.15, 0.2) is 194 Å². The van der Waals surface area contributed by atoms with Gasteiger partial charge in [0.2, 0.25) is 0 Å². The molecule has 0 radical (unpaired) electrons. The first-order valence-electron chi connectivity index (χ1n) is 17.6. The molecule has 0 heterocycles. The molecular formula is C50H35NS. The minimum atomic E-state index is 1.22. The van der Waals surface area contributed by atoms with Gasteiger partial charge in [0.25, 0.3) is 0 Å². The molecule has 0 aliphatic heterocycles. The lowest BCUT2D eigenvalue weighted by molar-refractivity contribution is 1.62. The highest BCUT2D eigenvalue weighted by Gasteiger charge is 2.18. The summed E-state index contributed by atoms with van der Waals surface area (Å²) >= 11 is 3.03. The topological polar surface area (TPSA) is 26.0 Å². The van der Waals surface area contributed by atoms with Crippen molar-refractivity contribution >= 4 is 66.7 Å². The van der Waals surface area contributed by atoms with Crippen LogP contribution >= 0.6 is 12.8 Å². The second-order valence-corrected chi connectivity index (χ2v) is 13.3. The van der Waals surface area contributed by atoms with E-state index in [9.17, 15) is 0 Å². The first-order chi connectivity index (χ1) is 25.8. The van der Waals surface area contributed by atoms with Crippen LogP contribution in [0.25, 0.3) is 98.4 Å². The number of rotatable bonds is 4. The van der Waals surface area contributed by atoms with E-state index < -0.39 is 0 Å². The Morgan fingerprint density at radius 1 is 0.250 bits per heavy atom. The average molecular weight is 682 g/mol. The standard InChI is InChI=1S/C50H32.H3NS/c1-3-14-35-30-38(26-24-33(35)12-1)42-29-28-41(43-18-5-6-19-44(42)43)37-16-11-17-39(32-37)49-45-20-7-9-22-47(45)50(48-23-10-8-21-46(48)49)40-27-25-34-13-2-4-15-36(34)31-40;1-2/h1-32H;2H,1H2. The smallest absolute Gasteiger partial charge is 0.00262 e. The van der Waals surface area contributed by atoms with Gasteiger partial charge in [-0.15, -0.1) is 12.8 Å². The molecule has 0 aromatic heterocycles. The van der Waals surface area contributed by atoms with E-state index in [1.54, 1.807) is 0 Å². The quantitative estimate of drug-likeness (QED) is 0.140. The molecule has 246 valence electrons. The third-order valence-corrected chi connectivity index (χ3v) is 10.4. The van der Waals surface area contributed by atoms with Gasteiger partial charge in [-0.05, 0) is 117 Å². The van der Waals surface area contributed by atoms with E-state index in [1.165, 1.54) is 98.4 Å². The molecule has 0 atom stereocenters. The summed E-state index contributed by atoms with van der Waals surface area (Å²) in [5.74, 6) is 0. The van der Waals surface area contributed by atoms with E-state index >= 15 is 0 Å². The van der Waals surface area contributed by atoms with E-state index in [2.05, 4.69) is 212 Å². The number of fused-ring (bicyclic) bond motifs is 5. The van der Waals surface area contributed by atoms with Gasteiger partial charge in [-0.1, -0.05) is 176 Å². The fourth-order valence-electron chi connectivity index (χ4n) is 8.10. The van der Waals surface area contributed by atoms with Crippen LogP contribution in [0.4, 0.5) is 0 Å². The molecule has 0 aliphatic rings. The van der Waals surface area contributed by atoms with Gasteiger partial charge in [0.05, 0.1) is 0 Å². The number of hydrogen-bond donors (Lipinski definition) is 2. The van der Waals surface area contributed by atoms with E-state index in [4.69, 9.17) is 0 Å². The number of hydrogen-bond acceptors (Lipinski definition) is 2. The predicted octanol–water partition coefficient (Wildman–Crippen LogP) is 13.9. The number of thiol groups is 1. The van der Waals surface area contributed by atoms with Gasteiger partial charge in [0.15, 0.2) is 0 Å². The fraction of sp³-hybridized carbons (Fsp3) is 0. The van der Waals surface area contributed by atoms with Gasteiger partial charge in [-0.25, -0.2) is 0 Å². The van der Waals surface area contributed by atoms with Crippen molar-refractivity contribution in [3.05, 3.63) is 194 Å². The zero-order valence-corrected chi connectivity index (χ0v) is 29.4. The highest BCUT2D eigenvalue weighted by atomic mass is 32.1. The summed E-state index contributed by atoms with van der Waals surface area (Å²) in [7, 11) is 0. The van der Waals surface area contributed by atoms with Crippen molar-refractivity contribution in [1.82, 2.24) is 0 Å². The first kappa shape index (κ1) is 31.8. The second kappa shape index (κ2) is 13.5. The largest absolute Gasteiger partial charge is 0.281 e. The minimum absolute atomic E-state index is 1.22. The molecule has 10 rings (SSSR count). The van der Waals surface area contributed by atoms with Crippen LogP contribution in [0.3, 0.4) is 0 Å². The van der Waals surface area contributed by atoms with E-state index in [1.807, 2.05) is 0 Å². The molecule has 0 unspecified atom stereocenters. The van der Waals surface area contributed by atoms with Crippen molar-refractivity contribution < 1.29 is 0 Å². The Bertz CT molecular complexity index is 2880. The molecular weight excluding hydrogens is 647 g/mol. The van der Waals surface area contributed by atoms with Gasteiger partial charge >= 0.3 is 0 Å². The van der Waals surface area contributed by atoms with Crippen molar-refractivity contribution in [2.75, 3.05) is 0 Å². The van der Waals surface area contributed by atoms with Gasteiger partial charge < -0.3 is 0 Å². The van der Waals surface area contributed by atoms with Crippen molar-refractivity contribution in [1.29, 1.82) is 0 Å². The number of benzene rings is 10. The van der Waals surface area contributed by atoms with Crippen molar-refractivity contribution in [3.8, 4) is 44.5 Å². The van der Waals surface area contributed by atoms with Crippen molar-refractivity contribution in [3.63, 3.8) is 0 Å². The first-order valence-corrected chi connectivity index (χ1v) is 18.1. The lowest BCUT2D eigenvalue weighted by Crippen LogP contribution is -1.91. The van der Waals surface area contributed by atoms with E-state index in [0.29, 0.717) is 0 Å². The van der Waals surface area contributed by atoms with Crippen molar-refractivity contribution in [2.24, 2.45) is 5.14 Å². The van der Waals surface area contributed by atoms with Crippen LogP contribution in [-0.2, 0) is 0 Å². The zero-order valence-electron chi connectivity index (χ0n) is 28.5. The van der Waals surface area contributed by atoms with Crippen LogP contribution in [0, 0.1) is 0 Å². The maximum absolute atomic E-state index is 4.19. The number of nitrogens with two attached hydrogens (primary N) is 1. The summed E-state index contributed by atoms with van der Waals surface area (Å²) in [6.07, 6.45) is 0. The Hall–Kier alpha value is -6.19. The van der Waals surface area contributed by atoms with E-state index in [0.717, 1.165) is 0 Å². The monoisotopic (exact) mass is 681 g/mol. The van der Waals surface area contributed by atoms with Crippen LogP contribution in [0.5, 0.6) is 0 Å². The Labute approximate surface area is 309 Å². The molecule has 0 aliphatic carbocycles. The maximum Gasteiger partial charge on any atom is -0.00262 e. The summed E-state index contributed by atoms with van der Waals surface area (Å²) in [5.41, 5.74) is 10.00. The summed E-state index contributed by atoms with van der Waals surface area (Å²) in [5, 5.41) is 16.8. The molecule has 2 N–H and O–H groups in total. The molecule has 10 aromatic rings. The summed E-state index contributed by atoms with van der Waals surface area (Å²) in [6, 6.07) is 71.4. The summed E-state index contributed by atoms with van der Waals surface area (Å²) < 4.78 is 0. The fourth-order valence-corrected chi connectivity index (χ4v) is 8.10. The lowest BCUT2D eigenvalue weighted by Gasteiger charge is -2.19. The van der Waals surface area contributed by atoms with Gasteiger partial charge in [-0.3, -0.25) is 5.14 Å². The third kappa shape index (κ3) is 5.41. The molecule has 0 saturated carbocycles. The molecule has 52 heavy (non-hydrogen) atoms. The Kier molecular flexibility index (Phi) is 8.25. The van der Waals surface area contributed by atoms with E-state index in [-0.39, 0.29) is 0 Å². The maximum atomic E-state index is 4.19. The molecule has 0 fully saturated rings. The molecule has 2 heteroatoms. The average Bonchev–Trinajstić information content (AvgIpc) is 3.22. The van der Waals surface area contributed by atoms with Crippen LogP contribution in [0.1, 0.15) is 0 Å². The molecule has 0 saturated heterocycles. The molecule has 10 aromatic carbocycles. The van der Waals surface area contributed by atoms with Crippen LogP contribution < -0.4 is 5.14 Å². The summed E-state index contributed by atoms with van der Waals surface area (Å²) in [4.78, 5) is 0. The van der Waals surface area contributed by atoms with Gasteiger partial charge in [0, 0.05) is 0 Å². The summed E-state index contributed by atoms with van der Waals surface area (Å²) in [6.45, 7) is 0. The normalized spacial score (nSPS) is 11.3. The van der Waals surface area contributed by atoms with Gasteiger partial charge in [-0.2, -0.15) is 0 Å². The van der Waals surface area contributed by atoms with Crippen LogP contribution in [0.2, 0.25) is 0 Å². The zero-order chi connectivity index (χ0) is 35.0. The molecule has 0 bridgehead atoms. The lowest BCUT2D eigenvalue weighted by atomic mass is 9.84. The molecule has 0 amide bonds. The highest BCUT2D eigenvalue weighted by Crippen LogP contribution is 2.45. The Balaban J connectivity index is 0.00000177. The van der Waals surface area contributed by atoms with Crippen LogP contribution in [-0.4, -0.2) is 0 Å². The predicted molar refractivity (Wildman–Crippen MR) is 229 cm³/mol. The SMILES string of the molecule is NS.c1cc(-c2ccc(-c3ccc4ccccc4c3)c3ccccc23)cc(-c2c3ccccc3c(-c3ccc4ccccc4c3)c3ccccc23)c1. The van der Waals surface area contributed by atoms with Crippen molar-refractivity contribution in [2.45, 2.75) is 0 Å². The highest BCUT2D eigenvalue weighted by molar-refractivity contribution is 7.77. The van der Waals surface area contributed by atoms with Gasteiger partial charge in [0.1, 0.15) is 0 Å². The Morgan fingerprint density at radius 2 is 0.596 bits per heavy atom. The second-order valence-electron chi connectivity index (χ2n) is 13.3. The minimum Gasteiger partial charge on any atom is -0.281 e.